The molecule has 1 heterocycles. The second-order valence-corrected chi connectivity index (χ2v) is 6.15. The number of thioether (sulfide) groups is 1. The zero-order chi connectivity index (χ0) is 14.7. The molecule has 1 aromatic heterocycles. The van der Waals surface area contributed by atoms with Crippen LogP contribution in [0, 0.1) is 0 Å². The minimum Gasteiger partial charge on any atom is -0.497 e. The topological polar surface area (TPSA) is 34.1 Å². The van der Waals surface area contributed by atoms with E-state index < -0.39 is 0 Å². The second kappa shape index (κ2) is 6.39. The van der Waals surface area contributed by atoms with Gasteiger partial charge in [0.1, 0.15) is 11.6 Å². The Morgan fingerprint density at radius 2 is 2.14 bits per heavy atom. The molecule has 21 heavy (non-hydrogen) atoms. The maximum absolute atomic E-state index is 5.35. The summed E-state index contributed by atoms with van der Waals surface area (Å²) in [7, 11) is 1.72. The third-order valence-corrected chi connectivity index (χ3v) is 4.52. The van der Waals surface area contributed by atoms with Crippen molar-refractivity contribution in [3.63, 3.8) is 0 Å². The van der Waals surface area contributed by atoms with Gasteiger partial charge in [-0.15, -0.1) is 11.8 Å². The lowest BCUT2D eigenvalue weighted by atomic mass is 10.0. The van der Waals surface area contributed by atoms with Gasteiger partial charge in [-0.3, -0.25) is 0 Å². The number of ether oxygens (including phenoxy) is 1. The summed E-state index contributed by atoms with van der Waals surface area (Å²) in [6.07, 6.45) is 6.53. The number of rotatable bonds is 6. The minimum absolute atomic E-state index is 0.734. The van der Waals surface area contributed by atoms with Crippen LogP contribution in [-0.4, -0.2) is 18.3 Å². The first-order valence-electron chi connectivity index (χ1n) is 7.21. The average molecular weight is 300 g/mol. The van der Waals surface area contributed by atoms with E-state index in [2.05, 4.69) is 40.8 Å². The highest BCUT2D eigenvalue weighted by Crippen LogP contribution is 2.42. The van der Waals surface area contributed by atoms with Gasteiger partial charge in [-0.2, -0.15) is 0 Å². The minimum atomic E-state index is 0.734. The fourth-order valence-corrected chi connectivity index (χ4v) is 2.90. The number of hydrogen-bond acceptors (Lipinski definition) is 4. The molecule has 0 unspecified atom stereocenters. The Balaban J connectivity index is 1.76. The second-order valence-electron chi connectivity index (χ2n) is 5.27. The summed E-state index contributed by atoms with van der Waals surface area (Å²) in [6, 6.07) is 10.5. The van der Waals surface area contributed by atoms with Crippen molar-refractivity contribution in [2.45, 2.75) is 30.2 Å². The van der Waals surface area contributed by atoms with E-state index in [1.807, 2.05) is 12.3 Å². The van der Waals surface area contributed by atoms with Crippen LogP contribution < -0.4 is 10.1 Å². The van der Waals surface area contributed by atoms with Crippen LogP contribution in [0.2, 0.25) is 0 Å². The molecule has 0 saturated heterocycles. The van der Waals surface area contributed by atoms with Crippen molar-refractivity contribution < 1.29 is 4.74 Å². The summed E-state index contributed by atoms with van der Waals surface area (Å²) in [5, 5.41) is 3.43. The fourth-order valence-electron chi connectivity index (χ4n) is 2.48. The number of benzene rings is 1. The molecule has 1 aliphatic carbocycles. The van der Waals surface area contributed by atoms with E-state index in [1.54, 1.807) is 18.9 Å². The Kier molecular flexibility index (Phi) is 4.34. The largest absolute Gasteiger partial charge is 0.497 e. The smallest absolute Gasteiger partial charge is 0.127 e. The molecule has 1 fully saturated rings. The summed E-state index contributed by atoms with van der Waals surface area (Å²) in [6.45, 7) is 0.786. The van der Waals surface area contributed by atoms with Crippen LogP contribution in [0.15, 0.2) is 41.4 Å². The number of anilines is 1. The van der Waals surface area contributed by atoms with Gasteiger partial charge in [-0.25, -0.2) is 4.98 Å². The third-order valence-electron chi connectivity index (χ3n) is 3.79. The lowest BCUT2D eigenvalue weighted by Gasteiger charge is -2.12. The van der Waals surface area contributed by atoms with Crippen LogP contribution in [0.3, 0.4) is 0 Å². The summed E-state index contributed by atoms with van der Waals surface area (Å²) >= 11 is 1.73. The van der Waals surface area contributed by atoms with Gasteiger partial charge in [0.2, 0.25) is 0 Å². The SMILES string of the molecule is COc1ccc(C2CC2)c(CNc2cc(SC)ccn2)c1. The normalized spacial score (nSPS) is 14.0. The van der Waals surface area contributed by atoms with Crippen molar-refractivity contribution in [2.24, 2.45) is 0 Å². The summed E-state index contributed by atoms with van der Waals surface area (Å²) < 4.78 is 5.35. The Bertz CT molecular complexity index is 626. The average Bonchev–Trinajstić information content (AvgIpc) is 3.37. The molecular weight excluding hydrogens is 280 g/mol. The molecule has 0 amide bonds. The first-order chi connectivity index (χ1) is 10.3. The standard InChI is InChI=1S/C17H20N2OS/c1-20-14-5-6-16(12-3-4-12)13(9-14)11-19-17-10-15(21-2)7-8-18-17/h5-10,12H,3-4,11H2,1-2H3,(H,18,19). The fraction of sp³-hybridized carbons (Fsp3) is 0.353. The monoisotopic (exact) mass is 300 g/mol. The Morgan fingerprint density at radius 3 is 2.86 bits per heavy atom. The molecule has 0 radical (unpaired) electrons. The summed E-state index contributed by atoms with van der Waals surface area (Å²) in [5.74, 6) is 2.58. The zero-order valence-electron chi connectivity index (χ0n) is 12.4. The molecule has 0 bridgehead atoms. The summed E-state index contributed by atoms with van der Waals surface area (Å²) in [4.78, 5) is 5.60. The number of nitrogens with zero attached hydrogens (tertiary/aromatic N) is 1. The molecule has 0 spiro atoms. The highest BCUT2D eigenvalue weighted by molar-refractivity contribution is 7.98. The lowest BCUT2D eigenvalue weighted by molar-refractivity contribution is 0.414. The molecule has 0 aliphatic heterocycles. The van der Waals surface area contributed by atoms with Gasteiger partial charge in [0.15, 0.2) is 0 Å². The maximum Gasteiger partial charge on any atom is 0.127 e. The van der Waals surface area contributed by atoms with Crippen molar-refractivity contribution in [1.29, 1.82) is 0 Å². The van der Waals surface area contributed by atoms with Crippen LogP contribution in [0.5, 0.6) is 5.75 Å². The molecule has 3 nitrogen and oxygen atoms in total. The van der Waals surface area contributed by atoms with E-state index in [0.29, 0.717) is 0 Å². The summed E-state index contributed by atoms with van der Waals surface area (Å²) in [5.41, 5.74) is 2.76. The van der Waals surface area contributed by atoms with Crippen LogP contribution in [0.25, 0.3) is 0 Å². The van der Waals surface area contributed by atoms with Crippen LogP contribution in [-0.2, 0) is 6.54 Å². The van der Waals surface area contributed by atoms with Gasteiger partial charge in [0.25, 0.3) is 0 Å². The van der Waals surface area contributed by atoms with Crippen LogP contribution >= 0.6 is 11.8 Å². The van der Waals surface area contributed by atoms with E-state index in [4.69, 9.17) is 4.74 Å². The zero-order valence-corrected chi connectivity index (χ0v) is 13.2. The number of nitrogens with one attached hydrogen (secondary N) is 1. The molecule has 4 heteroatoms. The highest BCUT2D eigenvalue weighted by atomic mass is 32.2. The van der Waals surface area contributed by atoms with Crippen molar-refractivity contribution in [3.8, 4) is 5.75 Å². The predicted octanol–water partition coefficient (Wildman–Crippen LogP) is 4.30. The van der Waals surface area contributed by atoms with E-state index in [1.165, 1.54) is 28.9 Å². The number of hydrogen-bond donors (Lipinski definition) is 1. The van der Waals surface area contributed by atoms with Crippen LogP contribution in [0.1, 0.15) is 29.9 Å². The molecule has 110 valence electrons. The number of methoxy groups -OCH3 is 1. The molecule has 1 aromatic carbocycles. The number of pyridine rings is 1. The van der Waals surface area contributed by atoms with Crippen molar-refractivity contribution in [3.05, 3.63) is 47.7 Å². The number of aromatic nitrogens is 1. The quantitative estimate of drug-likeness (QED) is 0.806. The molecule has 3 rings (SSSR count). The first kappa shape index (κ1) is 14.3. The van der Waals surface area contributed by atoms with Gasteiger partial charge in [0, 0.05) is 17.6 Å². The lowest BCUT2D eigenvalue weighted by Crippen LogP contribution is -2.04. The van der Waals surface area contributed by atoms with Gasteiger partial charge < -0.3 is 10.1 Å². The predicted molar refractivity (Wildman–Crippen MR) is 88.3 cm³/mol. The van der Waals surface area contributed by atoms with E-state index in [0.717, 1.165) is 24.0 Å². The van der Waals surface area contributed by atoms with Gasteiger partial charge in [0.05, 0.1) is 7.11 Å². The Hall–Kier alpha value is -1.68. The highest BCUT2D eigenvalue weighted by Gasteiger charge is 2.26. The molecule has 1 N–H and O–H groups in total. The Morgan fingerprint density at radius 1 is 1.29 bits per heavy atom. The van der Waals surface area contributed by atoms with Gasteiger partial charge >= 0.3 is 0 Å². The van der Waals surface area contributed by atoms with Crippen molar-refractivity contribution >= 4 is 17.6 Å². The Labute approximate surface area is 130 Å². The molecular formula is C17H20N2OS. The van der Waals surface area contributed by atoms with Crippen LogP contribution in [0.4, 0.5) is 5.82 Å². The van der Waals surface area contributed by atoms with Crippen molar-refractivity contribution in [2.75, 3.05) is 18.7 Å². The van der Waals surface area contributed by atoms with E-state index in [9.17, 15) is 0 Å². The molecule has 1 saturated carbocycles. The van der Waals surface area contributed by atoms with E-state index in [-0.39, 0.29) is 0 Å². The van der Waals surface area contributed by atoms with Crippen molar-refractivity contribution in [1.82, 2.24) is 4.98 Å². The van der Waals surface area contributed by atoms with Gasteiger partial charge in [-0.05, 0) is 60.4 Å². The maximum atomic E-state index is 5.35. The molecule has 0 atom stereocenters. The van der Waals surface area contributed by atoms with Gasteiger partial charge in [-0.1, -0.05) is 6.07 Å². The first-order valence-corrected chi connectivity index (χ1v) is 8.43. The molecule has 1 aliphatic rings. The molecule has 2 aromatic rings. The third kappa shape index (κ3) is 3.50. The van der Waals surface area contributed by atoms with E-state index >= 15 is 0 Å².